The summed E-state index contributed by atoms with van der Waals surface area (Å²) >= 11 is 0. The van der Waals surface area contributed by atoms with E-state index in [-0.39, 0.29) is 24.6 Å². The molecule has 1 heterocycles. The molecule has 2 amide bonds. The molecule has 1 aromatic carbocycles. The Morgan fingerprint density at radius 2 is 1.49 bits per heavy atom. The summed E-state index contributed by atoms with van der Waals surface area (Å²) in [5.41, 5.74) is 0.0384. The van der Waals surface area contributed by atoms with Crippen LogP contribution in [-0.2, 0) is 28.9 Å². The van der Waals surface area contributed by atoms with Gasteiger partial charge in [0.15, 0.2) is 0 Å². The van der Waals surface area contributed by atoms with Crippen LogP contribution in [0.3, 0.4) is 0 Å². The zero-order valence-electron chi connectivity index (χ0n) is 22.4. The van der Waals surface area contributed by atoms with Crippen molar-refractivity contribution in [3.63, 3.8) is 0 Å². The largest absolute Gasteiger partial charge is 0.474 e. The highest BCUT2D eigenvalue weighted by Crippen LogP contribution is 2.27. The Morgan fingerprint density at radius 3 is 2.05 bits per heavy atom. The normalized spacial score (nSPS) is 11.3. The lowest BCUT2D eigenvalue weighted by atomic mass is 10.1. The van der Waals surface area contributed by atoms with Gasteiger partial charge in [-0.3, -0.25) is 14.6 Å². The molecule has 0 saturated carbocycles. The number of hydrogen-bond donors (Lipinski definition) is 2. The highest BCUT2D eigenvalue weighted by atomic mass is 19.4. The van der Waals surface area contributed by atoms with Gasteiger partial charge in [-0.25, -0.2) is 4.79 Å². The molecule has 214 valence electrons. The average Bonchev–Trinajstić information content (AvgIpc) is 2.90. The Balaban J connectivity index is 1.86. The lowest BCUT2D eigenvalue weighted by Crippen LogP contribution is -2.35. The predicted molar refractivity (Wildman–Crippen MR) is 142 cm³/mol. The number of amides is 2. The van der Waals surface area contributed by atoms with E-state index >= 15 is 0 Å². The molecule has 2 aromatic rings. The van der Waals surface area contributed by atoms with Crippen LogP contribution in [0.15, 0.2) is 42.6 Å². The van der Waals surface area contributed by atoms with Crippen LogP contribution in [0.4, 0.5) is 13.2 Å². The lowest BCUT2D eigenvalue weighted by Gasteiger charge is -2.21. The number of aromatic nitrogens is 1. The molecule has 0 saturated heterocycles. The molecule has 0 aliphatic carbocycles. The summed E-state index contributed by atoms with van der Waals surface area (Å²) in [5.74, 6) is -3.18. The monoisotopic (exact) mass is 549 g/mol. The van der Waals surface area contributed by atoms with Crippen molar-refractivity contribution >= 4 is 17.8 Å². The first-order chi connectivity index (χ1) is 18.6. The maximum absolute atomic E-state index is 12.8. The van der Waals surface area contributed by atoms with Crippen LogP contribution >= 0.6 is 0 Å². The molecule has 0 fully saturated rings. The number of alkyl halides is 3. The van der Waals surface area contributed by atoms with Crippen molar-refractivity contribution in [3.8, 4) is 0 Å². The SMILES string of the molecule is CCCCCCCCCCCCNC(=O)c1cccc(CN(Cc2ccc(C(F)(F)F)nc2)C(=O)C(=O)O)c1. The van der Waals surface area contributed by atoms with Gasteiger partial charge in [-0.2, -0.15) is 13.2 Å². The summed E-state index contributed by atoms with van der Waals surface area (Å²) in [5, 5.41) is 12.1. The van der Waals surface area contributed by atoms with Gasteiger partial charge in [-0.15, -0.1) is 0 Å². The van der Waals surface area contributed by atoms with E-state index < -0.39 is 23.7 Å². The molecule has 0 bridgehead atoms. The fourth-order valence-corrected chi connectivity index (χ4v) is 4.19. The molecule has 0 aliphatic heterocycles. The number of nitrogens with zero attached hydrogens (tertiary/aromatic N) is 2. The van der Waals surface area contributed by atoms with E-state index in [1.54, 1.807) is 24.3 Å². The van der Waals surface area contributed by atoms with Crippen molar-refractivity contribution in [2.75, 3.05) is 6.54 Å². The summed E-state index contributed by atoms with van der Waals surface area (Å²) in [6.45, 7) is 2.35. The number of carboxylic acids is 1. The number of benzene rings is 1. The third kappa shape index (κ3) is 11.9. The van der Waals surface area contributed by atoms with Gasteiger partial charge in [0.05, 0.1) is 0 Å². The second-order valence-electron chi connectivity index (χ2n) is 9.65. The van der Waals surface area contributed by atoms with E-state index in [0.717, 1.165) is 42.5 Å². The van der Waals surface area contributed by atoms with Crippen LogP contribution in [0.5, 0.6) is 0 Å². The van der Waals surface area contributed by atoms with E-state index in [2.05, 4.69) is 17.2 Å². The summed E-state index contributed by atoms with van der Waals surface area (Å²) in [6.07, 6.45) is 8.33. The van der Waals surface area contributed by atoms with E-state index in [1.807, 2.05) is 0 Å². The van der Waals surface area contributed by atoms with Crippen molar-refractivity contribution in [2.24, 2.45) is 0 Å². The van der Waals surface area contributed by atoms with Gasteiger partial charge >= 0.3 is 18.1 Å². The van der Waals surface area contributed by atoms with Gasteiger partial charge in [0, 0.05) is 31.4 Å². The number of rotatable bonds is 16. The Hall–Kier alpha value is -3.43. The number of nitrogens with one attached hydrogen (secondary N) is 1. The molecule has 0 radical (unpaired) electrons. The fraction of sp³-hybridized carbons (Fsp3) is 0.517. The first-order valence-electron chi connectivity index (χ1n) is 13.5. The minimum atomic E-state index is -4.61. The molecular formula is C29H38F3N3O4. The van der Waals surface area contributed by atoms with Gasteiger partial charge < -0.3 is 15.3 Å². The molecule has 0 atom stereocenters. The van der Waals surface area contributed by atoms with Crippen LogP contribution in [0.25, 0.3) is 0 Å². The van der Waals surface area contributed by atoms with E-state index in [9.17, 15) is 32.7 Å². The minimum absolute atomic E-state index is 0.147. The van der Waals surface area contributed by atoms with Crippen molar-refractivity contribution in [2.45, 2.75) is 90.4 Å². The minimum Gasteiger partial charge on any atom is -0.474 e. The van der Waals surface area contributed by atoms with Gasteiger partial charge in [0.25, 0.3) is 5.91 Å². The molecule has 39 heavy (non-hydrogen) atoms. The number of halogens is 3. The van der Waals surface area contributed by atoms with Crippen LogP contribution in [-0.4, -0.2) is 39.3 Å². The molecule has 0 aliphatic rings. The molecule has 7 nitrogen and oxygen atoms in total. The molecule has 2 rings (SSSR count). The van der Waals surface area contributed by atoms with Crippen molar-refractivity contribution < 1.29 is 32.7 Å². The number of pyridine rings is 1. The number of carboxylic acid groups (broad SMARTS) is 1. The van der Waals surface area contributed by atoms with Crippen molar-refractivity contribution in [1.82, 2.24) is 15.2 Å². The highest BCUT2D eigenvalue weighted by Gasteiger charge is 2.32. The molecule has 0 spiro atoms. The smallest absolute Gasteiger partial charge is 0.433 e. The summed E-state index contributed by atoms with van der Waals surface area (Å²) in [4.78, 5) is 40.6. The quantitative estimate of drug-likeness (QED) is 0.187. The first kappa shape index (κ1) is 31.8. The molecule has 10 heteroatoms. The predicted octanol–water partition coefficient (Wildman–Crippen LogP) is 6.36. The summed E-state index contributed by atoms with van der Waals surface area (Å²) in [7, 11) is 0. The van der Waals surface area contributed by atoms with Crippen molar-refractivity contribution in [3.05, 3.63) is 65.0 Å². The average molecular weight is 550 g/mol. The second-order valence-corrected chi connectivity index (χ2v) is 9.65. The van der Waals surface area contributed by atoms with Gasteiger partial charge in [-0.1, -0.05) is 82.9 Å². The maximum Gasteiger partial charge on any atom is 0.433 e. The first-order valence-corrected chi connectivity index (χ1v) is 13.5. The van der Waals surface area contributed by atoms with E-state index in [4.69, 9.17) is 0 Å². The third-order valence-corrected chi connectivity index (χ3v) is 6.34. The van der Waals surface area contributed by atoms with Gasteiger partial charge in [0.2, 0.25) is 0 Å². The maximum atomic E-state index is 12.8. The van der Waals surface area contributed by atoms with Crippen LogP contribution in [0, 0.1) is 0 Å². The lowest BCUT2D eigenvalue weighted by molar-refractivity contribution is -0.156. The molecule has 0 unspecified atom stereocenters. The van der Waals surface area contributed by atoms with Gasteiger partial charge in [-0.05, 0) is 35.7 Å². The number of carbonyl (C=O) groups excluding carboxylic acids is 2. The number of hydrogen-bond acceptors (Lipinski definition) is 4. The standard InChI is InChI=1S/C29H38F3N3O4/c1-2-3-4-5-6-7-8-9-10-11-17-33-26(36)24-14-12-13-22(18-24)20-35(27(37)28(38)39)21-23-15-16-25(34-19-23)29(30,31)32/h12-16,18-19H,2-11,17,20-21H2,1H3,(H,33,36)(H,38,39). The van der Waals surface area contributed by atoms with E-state index in [0.29, 0.717) is 17.7 Å². The topological polar surface area (TPSA) is 99.6 Å². The van der Waals surface area contributed by atoms with Gasteiger partial charge in [0.1, 0.15) is 5.69 Å². The van der Waals surface area contributed by atoms with Crippen LogP contribution in [0.2, 0.25) is 0 Å². The van der Waals surface area contributed by atoms with Crippen LogP contribution < -0.4 is 5.32 Å². The second kappa shape index (κ2) is 16.5. The zero-order chi connectivity index (χ0) is 28.7. The Labute approximate surface area is 227 Å². The molecular weight excluding hydrogens is 511 g/mol. The molecule has 2 N–H and O–H groups in total. The number of carbonyl (C=O) groups is 3. The zero-order valence-corrected chi connectivity index (χ0v) is 22.4. The Morgan fingerprint density at radius 1 is 0.872 bits per heavy atom. The number of aliphatic carboxylic acids is 1. The summed E-state index contributed by atoms with van der Waals surface area (Å²) < 4.78 is 38.3. The highest BCUT2D eigenvalue weighted by molar-refractivity contribution is 6.31. The Kier molecular flexibility index (Phi) is 13.5. The molecule has 1 aromatic heterocycles. The number of unbranched alkanes of at least 4 members (excludes halogenated alkanes) is 9. The van der Waals surface area contributed by atoms with Crippen molar-refractivity contribution in [1.29, 1.82) is 0 Å². The third-order valence-electron chi connectivity index (χ3n) is 6.34. The Bertz CT molecular complexity index is 1060. The fourth-order valence-electron chi connectivity index (χ4n) is 4.19. The summed E-state index contributed by atoms with van der Waals surface area (Å²) in [6, 6.07) is 8.40. The van der Waals surface area contributed by atoms with E-state index in [1.165, 1.54) is 44.9 Å². The van der Waals surface area contributed by atoms with Crippen LogP contribution in [0.1, 0.15) is 98.3 Å².